The first-order valence-corrected chi connectivity index (χ1v) is 21.8. The van der Waals surface area contributed by atoms with Crippen LogP contribution in [0.4, 0.5) is 0 Å². The van der Waals surface area contributed by atoms with Gasteiger partial charge in [-0.3, -0.25) is 0 Å². The lowest BCUT2D eigenvalue weighted by Crippen LogP contribution is -2.00. The first-order valence-electron chi connectivity index (χ1n) is 21.0. The van der Waals surface area contributed by atoms with E-state index in [4.69, 9.17) is 23.8 Å². The van der Waals surface area contributed by atoms with Gasteiger partial charge in [0.15, 0.2) is 17.5 Å². The summed E-state index contributed by atoms with van der Waals surface area (Å²) in [4.78, 5) is 15.2. The maximum absolute atomic E-state index is 6.62. The van der Waals surface area contributed by atoms with Crippen LogP contribution < -0.4 is 0 Å². The monoisotopic (exact) mass is 823 g/mol. The standard InChI is InChI=1S/C57H33N3O2S/c1-4-14-34(15-5-1)39-29-30-41(54-51(39)45-23-12-21-40(53(45)63-54)35-16-6-2-7-17-35)37-27-31-49-47(32-37)43-28-26-38(33-50(43)61-49)56-58-55(36-18-8-3-9-19-36)59-57(60-56)46-24-13-22-44-42-20-10-11-25-48(42)62-52(44)46/h1-33H. The summed E-state index contributed by atoms with van der Waals surface area (Å²) in [5.41, 5.74) is 12.9. The molecule has 0 amide bonds. The second-order valence-electron chi connectivity index (χ2n) is 15.9. The van der Waals surface area contributed by atoms with E-state index >= 15 is 0 Å². The molecule has 0 saturated heterocycles. The summed E-state index contributed by atoms with van der Waals surface area (Å²) in [5.74, 6) is 1.68. The fraction of sp³-hybridized carbons (Fsp3) is 0. The molecular weight excluding hydrogens is 791 g/mol. The van der Waals surface area contributed by atoms with Crippen molar-refractivity contribution < 1.29 is 8.83 Å². The summed E-state index contributed by atoms with van der Waals surface area (Å²) < 4.78 is 15.6. The van der Waals surface area contributed by atoms with Crippen molar-refractivity contribution in [2.24, 2.45) is 0 Å². The van der Waals surface area contributed by atoms with Crippen molar-refractivity contribution in [3.05, 3.63) is 200 Å². The van der Waals surface area contributed by atoms with Gasteiger partial charge in [-0.2, -0.15) is 0 Å². The quantitative estimate of drug-likeness (QED) is 0.167. The van der Waals surface area contributed by atoms with Gasteiger partial charge in [0.25, 0.3) is 0 Å². The van der Waals surface area contributed by atoms with E-state index in [-0.39, 0.29) is 0 Å². The SMILES string of the molecule is c1ccc(-c2nc(-c3ccc4c(c3)oc3ccc(-c5ccc(-c6ccccc6)c6c5sc5c(-c7ccccc7)cccc56)cc34)nc(-c3cccc4c3oc3ccccc34)n2)cc1. The normalized spacial score (nSPS) is 11.8. The van der Waals surface area contributed by atoms with E-state index in [1.54, 1.807) is 0 Å². The Balaban J connectivity index is 0.959. The van der Waals surface area contributed by atoms with Crippen molar-refractivity contribution in [3.63, 3.8) is 0 Å². The predicted octanol–water partition coefficient (Wildman–Crippen LogP) is 16.0. The average Bonchev–Trinajstić information content (AvgIpc) is 4.06. The van der Waals surface area contributed by atoms with Gasteiger partial charge in [0, 0.05) is 52.8 Å². The van der Waals surface area contributed by atoms with Crippen molar-refractivity contribution in [1.29, 1.82) is 0 Å². The molecule has 294 valence electrons. The molecule has 0 atom stereocenters. The second kappa shape index (κ2) is 14.2. The molecule has 0 aliphatic rings. The number of hydrogen-bond acceptors (Lipinski definition) is 6. The molecule has 13 rings (SSSR count). The maximum atomic E-state index is 6.62. The lowest BCUT2D eigenvalue weighted by molar-refractivity contribution is 0.668. The molecule has 5 nitrogen and oxygen atoms in total. The van der Waals surface area contributed by atoms with Crippen LogP contribution in [0, 0.1) is 0 Å². The Morgan fingerprint density at radius 1 is 0.302 bits per heavy atom. The van der Waals surface area contributed by atoms with E-state index < -0.39 is 0 Å². The summed E-state index contributed by atoms with van der Waals surface area (Å²) in [7, 11) is 0. The number of furan rings is 2. The Kier molecular flexibility index (Phi) is 8.01. The van der Waals surface area contributed by atoms with Crippen LogP contribution in [0.3, 0.4) is 0 Å². The molecule has 0 spiro atoms. The molecule has 0 N–H and O–H groups in total. The molecule has 4 heterocycles. The Morgan fingerprint density at radius 3 is 1.67 bits per heavy atom. The highest BCUT2D eigenvalue weighted by Gasteiger charge is 2.21. The molecule has 9 aromatic carbocycles. The van der Waals surface area contributed by atoms with Crippen LogP contribution >= 0.6 is 11.3 Å². The summed E-state index contributed by atoms with van der Waals surface area (Å²) in [6, 6.07) is 69.8. The molecule has 13 aromatic rings. The zero-order valence-corrected chi connectivity index (χ0v) is 34.4. The minimum Gasteiger partial charge on any atom is -0.456 e. The molecule has 63 heavy (non-hydrogen) atoms. The smallest absolute Gasteiger partial charge is 0.167 e. The summed E-state index contributed by atoms with van der Waals surface area (Å²) in [6.45, 7) is 0. The van der Waals surface area contributed by atoms with Crippen LogP contribution in [0.5, 0.6) is 0 Å². The maximum Gasteiger partial charge on any atom is 0.167 e. The molecule has 4 aromatic heterocycles. The Bertz CT molecular complexity index is 3910. The highest BCUT2D eigenvalue weighted by atomic mass is 32.1. The van der Waals surface area contributed by atoms with E-state index in [9.17, 15) is 0 Å². The van der Waals surface area contributed by atoms with Crippen molar-refractivity contribution in [1.82, 2.24) is 15.0 Å². The number of para-hydroxylation sites is 2. The lowest BCUT2D eigenvalue weighted by atomic mass is 9.93. The first kappa shape index (κ1) is 35.6. The average molecular weight is 824 g/mol. The molecule has 6 heteroatoms. The minimum atomic E-state index is 0.541. The van der Waals surface area contributed by atoms with E-state index in [2.05, 4.69) is 140 Å². The lowest BCUT2D eigenvalue weighted by Gasteiger charge is -2.10. The van der Waals surface area contributed by atoms with Gasteiger partial charge in [0.05, 0.1) is 5.56 Å². The van der Waals surface area contributed by atoms with Crippen LogP contribution in [-0.2, 0) is 0 Å². The van der Waals surface area contributed by atoms with Gasteiger partial charge in [-0.25, -0.2) is 15.0 Å². The van der Waals surface area contributed by atoms with Crippen LogP contribution in [0.25, 0.3) is 132 Å². The third-order valence-corrected chi connectivity index (χ3v) is 13.4. The first-order chi connectivity index (χ1) is 31.2. The van der Waals surface area contributed by atoms with Gasteiger partial charge < -0.3 is 8.83 Å². The third kappa shape index (κ3) is 5.80. The second-order valence-corrected chi connectivity index (χ2v) is 16.9. The topological polar surface area (TPSA) is 65.0 Å². The van der Waals surface area contributed by atoms with Crippen molar-refractivity contribution in [3.8, 4) is 67.5 Å². The number of hydrogen-bond donors (Lipinski definition) is 0. The van der Waals surface area contributed by atoms with Crippen molar-refractivity contribution in [2.75, 3.05) is 0 Å². The number of rotatable bonds is 6. The molecule has 0 aliphatic carbocycles. The molecule has 0 unspecified atom stereocenters. The van der Waals surface area contributed by atoms with E-state index in [0.29, 0.717) is 17.5 Å². The largest absolute Gasteiger partial charge is 0.456 e. The van der Waals surface area contributed by atoms with Gasteiger partial charge in [-0.1, -0.05) is 164 Å². The van der Waals surface area contributed by atoms with Gasteiger partial charge in [-0.15, -0.1) is 11.3 Å². The van der Waals surface area contributed by atoms with Gasteiger partial charge >= 0.3 is 0 Å². The van der Waals surface area contributed by atoms with Crippen molar-refractivity contribution >= 4 is 75.4 Å². The fourth-order valence-electron chi connectivity index (χ4n) is 9.18. The number of nitrogens with zero attached hydrogens (tertiary/aromatic N) is 3. The summed E-state index contributed by atoms with van der Waals surface area (Å²) in [5, 5.41) is 6.71. The number of benzene rings is 9. The number of aromatic nitrogens is 3. The molecule has 0 saturated carbocycles. The summed E-state index contributed by atoms with van der Waals surface area (Å²) >= 11 is 1.88. The zero-order valence-electron chi connectivity index (χ0n) is 33.6. The van der Waals surface area contributed by atoms with E-state index in [0.717, 1.165) is 66.1 Å². The molecule has 0 fully saturated rings. The summed E-state index contributed by atoms with van der Waals surface area (Å²) in [6.07, 6.45) is 0. The highest BCUT2D eigenvalue weighted by molar-refractivity contribution is 7.27. The molecule has 0 bridgehead atoms. The van der Waals surface area contributed by atoms with Gasteiger partial charge in [0.1, 0.15) is 22.3 Å². The fourth-order valence-corrected chi connectivity index (χ4v) is 10.6. The van der Waals surface area contributed by atoms with Crippen LogP contribution in [0.2, 0.25) is 0 Å². The third-order valence-electron chi connectivity index (χ3n) is 12.2. The van der Waals surface area contributed by atoms with E-state index in [1.807, 2.05) is 72.0 Å². The Hall–Kier alpha value is -8.19. The molecule has 0 aliphatic heterocycles. The number of fused-ring (bicyclic) bond motifs is 9. The van der Waals surface area contributed by atoms with Crippen molar-refractivity contribution in [2.45, 2.75) is 0 Å². The minimum absolute atomic E-state index is 0.541. The van der Waals surface area contributed by atoms with Crippen LogP contribution in [-0.4, -0.2) is 15.0 Å². The van der Waals surface area contributed by atoms with Crippen LogP contribution in [0.15, 0.2) is 209 Å². The van der Waals surface area contributed by atoms with Gasteiger partial charge in [0.2, 0.25) is 0 Å². The molecular formula is C57H33N3O2S. The highest BCUT2D eigenvalue weighted by Crippen LogP contribution is 2.48. The zero-order chi connectivity index (χ0) is 41.4. The molecule has 0 radical (unpaired) electrons. The Morgan fingerprint density at radius 2 is 0.873 bits per heavy atom. The number of thiophene rings is 1. The van der Waals surface area contributed by atoms with Crippen LogP contribution in [0.1, 0.15) is 0 Å². The van der Waals surface area contributed by atoms with Gasteiger partial charge in [-0.05, 0) is 69.8 Å². The predicted molar refractivity (Wildman–Crippen MR) is 260 cm³/mol. The van der Waals surface area contributed by atoms with E-state index in [1.165, 1.54) is 48.0 Å². The Labute approximate surface area is 365 Å².